The molecule has 0 bridgehead atoms. The zero-order valence-corrected chi connectivity index (χ0v) is 21.3. The van der Waals surface area contributed by atoms with Gasteiger partial charge in [0.1, 0.15) is 17.5 Å². The lowest BCUT2D eigenvalue weighted by atomic mass is 10.0. The highest BCUT2D eigenvalue weighted by Gasteiger charge is 2.29. The van der Waals surface area contributed by atoms with Crippen molar-refractivity contribution in [2.24, 2.45) is 0 Å². The molecule has 4 heterocycles. The minimum atomic E-state index is -4.51. The average Bonchev–Trinajstić information content (AvgIpc) is 3.29. The van der Waals surface area contributed by atoms with E-state index in [-0.39, 0.29) is 23.2 Å². The van der Waals surface area contributed by atoms with Crippen LogP contribution in [0.4, 0.5) is 30.6 Å². The van der Waals surface area contributed by atoms with Crippen molar-refractivity contribution in [3.8, 4) is 17.0 Å². The third kappa shape index (κ3) is 6.15. The number of hydrogen-bond donors (Lipinski definition) is 3. The Morgan fingerprint density at radius 1 is 1.10 bits per heavy atom. The summed E-state index contributed by atoms with van der Waals surface area (Å²) in [6, 6.07) is 13.4. The normalized spacial score (nSPS) is 13.8. The number of nitrogens with one attached hydrogen (secondary N) is 3. The number of H-pyrrole nitrogens is 1. The summed E-state index contributed by atoms with van der Waals surface area (Å²) in [6.07, 6.45) is -3.10. The number of aromatic amines is 1. The number of alkyl halides is 3. The number of pyridine rings is 2. The van der Waals surface area contributed by atoms with E-state index in [1.165, 1.54) is 31.3 Å². The first-order chi connectivity index (χ1) is 19.2. The molecule has 5 rings (SSSR count). The second kappa shape index (κ2) is 11.2. The Hall–Kier alpha value is -4.65. The molecule has 0 atom stereocenters. The fourth-order valence-electron chi connectivity index (χ4n) is 4.40. The molecule has 0 radical (unpaired) electrons. The molecule has 2 amide bonds. The van der Waals surface area contributed by atoms with Crippen molar-refractivity contribution in [3.05, 3.63) is 60.3 Å². The van der Waals surface area contributed by atoms with Gasteiger partial charge in [-0.3, -0.25) is 9.59 Å². The molecule has 208 valence electrons. The maximum absolute atomic E-state index is 13.3. The monoisotopic (exact) mass is 554 g/mol. The molecule has 10 nitrogen and oxygen atoms in total. The lowest BCUT2D eigenvalue weighted by Gasteiger charge is -2.30. The maximum atomic E-state index is 13.3. The zero-order chi connectivity index (χ0) is 28.3. The Balaban J connectivity index is 1.57. The number of para-hydroxylation sites is 1. The van der Waals surface area contributed by atoms with E-state index < -0.39 is 18.7 Å². The predicted octanol–water partition coefficient (Wildman–Crippen LogP) is 4.61. The van der Waals surface area contributed by atoms with E-state index in [9.17, 15) is 22.8 Å². The molecule has 1 saturated heterocycles. The van der Waals surface area contributed by atoms with Gasteiger partial charge >= 0.3 is 6.18 Å². The molecule has 1 aliphatic rings. The fraction of sp³-hybridized carbons (Fsp3) is 0.259. The summed E-state index contributed by atoms with van der Waals surface area (Å²) in [5.74, 6) is 0.0339. The molecule has 1 aromatic carbocycles. The number of anilines is 3. The Labute approximate surface area is 226 Å². The molecule has 1 aliphatic heterocycles. The second-order valence-electron chi connectivity index (χ2n) is 9.01. The Kier molecular flexibility index (Phi) is 7.56. The predicted molar refractivity (Wildman–Crippen MR) is 143 cm³/mol. The van der Waals surface area contributed by atoms with E-state index in [0.29, 0.717) is 49.1 Å². The van der Waals surface area contributed by atoms with Crippen molar-refractivity contribution in [1.29, 1.82) is 0 Å². The number of rotatable bonds is 7. The van der Waals surface area contributed by atoms with Crippen molar-refractivity contribution < 1.29 is 32.2 Å². The summed E-state index contributed by atoms with van der Waals surface area (Å²) in [4.78, 5) is 38.4. The number of benzene rings is 1. The van der Waals surface area contributed by atoms with Crippen LogP contribution in [0.15, 0.2) is 54.7 Å². The van der Waals surface area contributed by atoms with Gasteiger partial charge in [-0.1, -0.05) is 18.2 Å². The summed E-state index contributed by atoms with van der Waals surface area (Å²) in [6.45, 7) is 1.65. The molecule has 0 spiro atoms. The number of carbonyl (C=O) groups excluding carboxylic acids is 2. The Morgan fingerprint density at radius 2 is 1.88 bits per heavy atom. The number of amides is 2. The molecule has 4 aromatic rings. The first-order valence-electron chi connectivity index (χ1n) is 12.4. The van der Waals surface area contributed by atoms with E-state index in [1.807, 2.05) is 29.2 Å². The number of aromatic nitrogens is 3. The van der Waals surface area contributed by atoms with Crippen molar-refractivity contribution in [2.75, 3.05) is 48.4 Å². The van der Waals surface area contributed by atoms with E-state index in [0.717, 1.165) is 10.9 Å². The summed E-state index contributed by atoms with van der Waals surface area (Å²) >= 11 is 0. The van der Waals surface area contributed by atoms with Crippen molar-refractivity contribution in [2.45, 2.75) is 13.1 Å². The number of morpholine rings is 1. The van der Waals surface area contributed by atoms with Crippen LogP contribution in [0.2, 0.25) is 0 Å². The van der Waals surface area contributed by atoms with Gasteiger partial charge in [0, 0.05) is 59.9 Å². The summed E-state index contributed by atoms with van der Waals surface area (Å²) in [5, 5.41) is 6.22. The summed E-state index contributed by atoms with van der Waals surface area (Å²) < 4.78 is 48.9. The Morgan fingerprint density at radius 3 is 2.62 bits per heavy atom. The highest BCUT2D eigenvalue weighted by Crippen LogP contribution is 2.41. The first-order valence-corrected chi connectivity index (χ1v) is 12.4. The van der Waals surface area contributed by atoms with Gasteiger partial charge in [0.15, 0.2) is 6.61 Å². The molecule has 3 N–H and O–H groups in total. The third-order valence-corrected chi connectivity index (χ3v) is 6.08. The largest absolute Gasteiger partial charge is 0.468 e. The lowest BCUT2D eigenvalue weighted by Crippen LogP contribution is -2.37. The summed E-state index contributed by atoms with van der Waals surface area (Å²) in [7, 11) is 0. The minimum Gasteiger partial charge on any atom is -0.468 e. The van der Waals surface area contributed by atoms with Gasteiger partial charge in [-0.2, -0.15) is 18.2 Å². The van der Waals surface area contributed by atoms with Crippen LogP contribution < -0.4 is 20.3 Å². The molecule has 40 heavy (non-hydrogen) atoms. The molecular weight excluding hydrogens is 529 g/mol. The Bertz CT molecular complexity index is 1550. The molecular formula is C27H25F3N6O4. The van der Waals surface area contributed by atoms with Crippen molar-refractivity contribution in [3.63, 3.8) is 0 Å². The maximum Gasteiger partial charge on any atom is 0.422 e. The van der Waals surface area contributed by atoms with Crippen LogP contribution in [0.5, 0.6) is 5.88 Å². The van der Waals surface area contributed by atoms with Crippen LogP contribution in [-0.2, 0) is 9.53 Å². The number of halogens is 3. The van der Waals surface area contributed by atoms with Gasteiger partial charge in [-0.15, -0.1) is 0 Å². The smallest absolute Gasteiger partial charge is 0.422 e. The quantitative estimate of drug-likeness (QED) is 0.305. The molecule has 0 aliphatic carbocycles. The third-order valence-electron chi connectivity index (χ3n) is 6.08. The van der Waals surface area contributed by atoms with Crippen LogP contribution in [0, 0.1) is 0 Å². The molecule has 13 heteroatoms. The zero-order valence-electron chi connectivity index (χ0n) is 21.3. The van der Waals surface area contributed by atoms with Crippen molar-refractivity contribution in [1.82, 2.24) is 15.0 Å². The van der Waals surface area contributed by atoms with Gasteiger partial charge < -0.3 is 30.0 Å². The molecule has 3 aromatic heterocycles. The van der Waals surface area contributed by atoms with Crippen molar-refractivity contribution >= 4 is 40.2 Å². The number of nitrogens with zero attached hydrogens (tertiary/aromatic N) is 3. The second-order valence-corrected chi connectivity index (χ2v) is 9.01. The highest BCUT2D eigenvalue weighted by atomic mass is 19.4. The average molecular weight is 555 g/mol. The molecule has 0 saturated carbocycles. The van der Waals surface area contributed by atoms with E-state index in [2.05, 4.69) is 25.6 Å². The van der Waals surface area contributed by atoms with Crippen LogP contribution in [0.3, 0.4) is 0 Å². The van der Waals surface area contributed by atoms with Gasteiger partial charge in [0.25, 0.3) is 5.91 Å². The van der Waals surface area contributed by atoms with Gasteiger partial charge in [0.2, 0.25) is 11.8 Å². The standard InChI is InChI=1S/C27H25F3N6O4/c1-16(37)32-21-14-17(8-9-31-21)26(38)35-24-23(18-4-2-3-5-20(18)33-24)19-6-7-22(40-15-27(28,29)30)34-25(19)36-10-12-39-13-11-36/h2-9,14,33H,10-13,15H2,1H3,(H,35,38)(H,31,32,37). The van der Waals surface area contributed by atoms with Crippen LogP contribution in [0.25, 0.3) is 22.0 Å². The highest BCUT2D eigenvalue weighted by molar-refractivity contribution is 6.12. The fourth-order valence-corrected chi connectivity index (χ4v) is 4.40. The van der Waals surface area contributed by atoms with Gasteiger partial charge in [0.05, 0.1) is 13.2 Å². The molecule has 0 unspecified atom stereocenters. The number of fused-ring (bicyclic) bond motifs is 1. The first kappa shape index (κ1) is 26.9. The molecule has 1 fully saturated rings. The topological polar surface area (TPSA) is 121 Å². The lowest BCUT2D eigenvalue weighted by molar-refractivity contribution is -0.154. The minimum absolute atomic E-state index is 0.171. The van der Waals surface area contributed by atoms with Crippen LogP contribution in [-0.4, -0.2) is 65.9 Å². The number of hydrogen-bond acceptors (Lipinski definition) is 7. The SMILES string of the molecule is CC(=O)Nc1cc(C(=O)Nc2[nH]c3ccccc3c2-c2ccc(OCC(F)(F)F)nc2N2CCOCC2)ccn1. The van der Waals surface area contributed by atoms with E-state index in [1.54, 1.807) is 6.07 Å². The summed E-state index contributed by atoms with van der Waals surface area (Å²) in [5.41, 5.74) is 2.18. The van der Waals surface area contributed by atoms with Gasteiger partial charge in [-0.05, 0) is 24.3 Å². The number of carbonyl (C=O) groups is 2. The van der Waals surface area contributed by atoms with E-state index >= 15 is 0 Å². The van der Waals surface area contributed by atoms with Crippen LogP contribution in [0.1, 0.15) is 17.3 Å². The van der Waals surface area contributed by atoms with E-state index in [4.69, 9.17) is 9.47 Å². The van der Waals surface area contributed by atoms with Gasteiger partial charge in [-0.25, -0.2) is 4.98 Å². The number of ether oxygens (including phenoxy) is 2. The van der Waals surface area contributed by atoms with Crippen LogP contribution >= 0.6 is 0 Å².